The van der Waals surface area contributed by atoms with Crippen LogP contribution in [0.3, 0.4) is 0 Å². The Hall–Kier alpha value is -5.87. The monoisotopic (exact) mass is 651 g/mol. The molecule has 8 N–H and O–H groups in total. The molecule has 1 aliphatic rings. The molecule has 3 rings (SSSR count). The van der Waals surface area contributed by atoms with Gasteiger partial charge in [0.2, 0.25) is 35.4 Å². The van der Waals surface area contributed by atoms with Gasteiger partial charge < -0.3 is 42.1 Å². The normalized spacial score (nSPS) is 22.2. The van der Waals surface area contributed by atoms with Gasteiger partial charge in [0.05, 0.1) is 12.5 Å². The van der Waals surface area contributed by atoms with E-state index >= 15 is 0 Å². The molecule has 0 spiro atoms. The van der Waals surface area contributed by atoms with Crippen LogP contribution in [0.5, 0.6) is 0 Å². The quantitative estimate of drug-likeness (QED) is 0.109. The second-order valence-electron chi connectivity index (χ2n) is 10.4. The Morgan fingerprint density at radius 2 is 1.70 bits per heavy atom. The first-order valence-corrected chi connectivity index (χ1v) is 14.7. The number of carbonyl (C=O) groups excluding carboxylic acids is 7. The summed E-state index contributed by atoms with van der Waals surface area (Å²) in [4.78, 5) is 97.2. The highest BCUT2D eigenvalue weighted by molar-refractivity contribution is 6.00. The van der Waals surface area contributed by atoms with Crippen molar-refractivity contribution in [2.45, 2.75) is 56.3 Å². The number of nitrogens with zero attached hydrogens (tertiary/aromatic N) is 2. The van der Waals surface area contributed by atoms with Crippen molar-refractivity contribution in [1.29, 1.82) is 0 Å². The lowest BCUT2D eigenvalue weighted by Crippen LogP contribution is -2.57. The van der Waals surface area contributed by atoms with Gasteiger partial charge in [-0.05, 0) is 37.8 Å². The number of rotatable bonds is 10. The fraction of sp³-hybridized carbons (Fsp3) is 0.367. The molecule has 0 radical (unpaired) electrons. The molecule has 0 unspecified atom stereocenters. The number of nitrogens with one attached hydrogen (secondary N) is 6. The highest BCUT2D eigenvalue weighted by Crippen LogP contribution is 2.08. The van der Waals surface area contributed by atoms with Crippen molar-refractivity contribution in [1.82, 2.24) is 41.9 Å². The molecule has 2 aromatic rings. The summed E-state index contributed by atoms with van der Waals surface area (Å²) in [5.74, 6) is -4.72. The van der Waals surface area contributed by atoms with Crippen LogP contribution in [0, 0.1) is 0 Å². The molecular formula is C30H37N9O8. The van der Waals surface area contributed by atoms with Gasteiger partial charge in [0.25, 0.3) is 5.91 Å². The van der Waals surface area contributed by atoms with E-state index in [0.29, 0.717) is 5.76 Å². The Kier molecular flexibility index (Phi) is 13.8. The van der Waals surface area contributed by atoms with Crippen LogP contribution in [0.1, 0.15) is 41.9 Å². The van der Waals surface area contributed by atoms with Crippen LogP contribution in [0.2, 0.25) is 0 Å². The number of hydrogen-bond donors (Lipinski definition) is 7. The van der Waals surface area contributed by atoms with Crippen molar-refractivity contribution in [2.24, 2.45) is 5.73 Å². The Balaban J connectivity index is 1.84. The smallest absolute Gasteiger partial charge is 0.271 e. The lowest BCUT2D eigenvalue weighted by Gasteiger charge is -2.25. The Bertz CT molecular complexity index is 1460. The second-order valence-corrected chi connectivity index (χ2v) is 10.4. The summed E-state index contributed by atoms with van der Waals surface area (Å²) in [5.41, 5.74) is 5.51. The predicted molar refractivity (Wildman–Crippen MR) is 165 cm³/mol. The number of primary amides is 1. The standard InChI is InChI=1S/C30H37N9O8/c1-2-5-20-29(45)39-22(16-18-6-4-15-47-18)30(46)38-21(7-3-11-34-28(44)23-17-32-13-14-33-23)27(43)35-12-10-19(26(31)42)36-24(40)8-9-25(41)37-20/h2,4,6,8-9,13-15,17,19-22H,1,3,5,7,10-12,16H2,(H2,31,42)(H,34,44)(H,35,43)(H,36,40)(H,37,41)(H,38,46)(H,39,45)/b9-8+/t19-,20-,21-,22-/m0/s1. The van der Waals surface area contributed by atoms with Gasteiger partial charge in [0.15, 0.2) is 0 Å². The van der Waals surface area contributed by atoms with Crippen molar-refractivity contribution in [2.75, 3.05) is 13.1 Å². The summed E-state index contributed by atoms with van der Waals surface area (Å²) in [7, 11) is 0. The van der Waals surface area contributed by atoms with Gasteiger partial charge in [-0.15, -0.1) is 6.58 Å². The van der Waals surface area contributed by atoms with E-state index in [1.54, 1.807) is 12.1 Å². The molecule has 3 heterocycles. The molecule has 0 saturated carbocycles. The van der Waals surface area contributed by atoms with Gasteiger partial charge in [0, 0.05) is 44.1 Å². The van der Waals surface area contributed by atoms with Gasteiger partial charge in [-0.1, -0.05) is 6.08 Å². The maximum atomic E-state index is 13.6. The summed E-state index contributed by atoms with van der Waals surface area (Å²) in [6.45, 7) is 3.59. The number of amides is 7. The van der Waals surface area contributed by atoms with Crippen molar-refractivity contribution < 1.29 is 38.0 Å². The maximum absolute atomic E-state index is 13.6. The summed E-state index contributed by atoms with van der Waals surface area (Å²) >= 11 is 0. The van der Waals surface area contributed by atoms with Gasteiger partial charge in [-0.3, -0.25) is 38.5 Å². The van der Waals surface area contributed by atoms with Crippen molar-refractivity contribution >= 4 is 41.4 Å². The van der Waals surface area contributed by atoms with Crippen molar-refractivity contribution in [3.05, 3.63) is 73.2 Å². The molecule has 0 fully saturated rings. The third-order valence-electron chi connectivity index (χ3n) is 6.82. The molecule has 7 amide bonds. The minimum absolute atomic E-state index is 0.0260. The molecule has 17 heteroatoms. The van der Waals surface area contributed by atoms with Gasteiger partial charge in [-0.2, -0.15) is 0 Å². The maximum Gasteiger partial charge on any atom is 0.271 e. The zero-order valence-corrected chi connectivity index (χ0v) is 25.4. The molecular weight excluding hydrogens is 614 g/mol. The van der Waals surface area contributed by atoms with E-state index in [0.717, 1.165) is 12.2 Å². The molecule has 4 atom stereocenters. The highest BCUT2D eigenvalue weighted by Gasteiger charge is 2.30. The first-order valence-electron chi connectivity index (χ1n) is 14.7. The van der Waals surface area contributed by atoms with Crippen LogP contribution in [0.4, 0.5) is 0 Å². The number of hydrogen-bond acceptors (Lipinski definition) is 10. The molecule has 1 aliphatic heterocycles. The summed E-state index contributed by atoms with van der Waals surface area (Å²) < 4.78 is 5.37. The number of furan rings is 1. The number of carbonyl (C=O) groups is 7. The average Bonchev–Trinajstić information content (AvgIpc) is 3.57. The second kappa shape index (κ2) is 18.2. The summed E-state index contributed by atoms with van der Waals surface area (Å²) in [6, 6.07) is -1.58. The van der Waals surface area contributed by atoms with E-state index < -0.39 is 65.5 Å². The lowest BCUT2D eigenvalue weighted by atomic mass is 10.1. The summed E-state index contributed by atoms with van der Waals surface area (Å²) in [5, 5.41) is 15.3. The summed E-state index contributed by atoms with van der Waals surface area (Å²) in [6.07, 6.45) is 8.67. The molecule has 17 nitrogen and oxygen atoms in total. The van der Waals surface area contributed by atoms with Crippen molar-refractivity contribution in [3.63, 3.8) is 0 Å². The van der Waals surface area contributed by atoms with Crippen LogP contribution in [0.25, 0.3) is 0 Å². The lowest BCUT2D eigenvalue weighted by molar-refractivity contribution is -0.133. The van der Waals surface area contributed by atoms with Crippen LogP contribution >= 0.6 is 0 Å². The fourth-order valence-corrected chi connectivity index (χ4v) is 4.41. The van der Waals surface area contributed by atoms with Crippen molar-refractivity contribution in [3.8, 4) is 0 Å². The Labute approximate surface area is 269 Å². The zero-order chi connectivity index (χ0) is 34.2. The van der Waals surface area contributed by atoms with E-state index in [4.69, 9.17) is 10.2 Å². The van der Waals surface area contributed by atoms with Gasteiger partial charge >= 0.3 is 0 Å². The van der Waals surface area contributed by atoms with Crippen LogP contribution in [-0.2, 0) is 35.2 Å². The Morgan fingerprint density at radius 1 is 0.979 bits per heavy atom. The number of aromatic nitrogens is 2. The van der Waals surface area contributed by atoms with E-state index in [9.17, 15) is 33.6 Å². The average molecular weight is 652 g/mol. The van der Waals surface area contributed by atoms with E-state index in [1.807, 2.05) is 0 Å². The zero-order valence-electron chi connectivity index (χ0n) is 25.4. The van der Waals surface area contributed by atoms with Crippen LogP contribution in [-0.4, -0.2) is 88.6 Å². The van der Waals surface area contributed by atoms with E-state index in [-0.39, 0.29) is 50.9 Å². The van der Waals surface area contributed by atoms with Gasteiger partial charge in [0.1, 0.15) is 35.6 Å². The van der Waals surface area contributed by atoms with E-state index in [2.05, 4.69) is 48.4 Å². The molecule has 0 aromatic carbocycles. The van der Waals surface area contributed by atoms with Crippen LogP contribution < -0.4 is 37.6 Å². The Morgan fingerprint density at radius 3 is 2.36 bits per heavy atom. The first kappa shape index (κ1) is 35.6. The minimum atomic E-state index is -1.25. The molecule has 250 valence electrons. The topological polar surface area (TPSA) is 257 Å². The first-order chi connectivity index (χ1) is 22.6. The number of nitrogens with two attached hydrogens (primary N) is 1. The highest BCUT2D eigenvalue weighted by atomic mass is 16.3. The molecule has 0 aliphatic carbocycles. The largest absolute Gasteiger partial charge is 0.469 e. The third-order valence-corrected chi connectivity index (χ3v) is 6.82. The molecule has 2 aromatic heterocycles. The van der Waals surface area contributed by atoms with Gasteiger partial charge in [-0.25, -0.2) is 4.98 Å². The SMILES string of the molecule is C=CC[C@@H]1NC(=O)/C=C/C(=O)N[C@H](C(N)=O)CCNC(=O)[C@H](CCCNC(=O)c2cnccn2)NC(=O)[C@H](Cc2ccco2)NC1=O. The molecule has 47 heavy (non-hydrogen) atoms. The predicted octanol–water partition coefficient (Wildman–Crippen LogP) is -2.10. The van der Waals surface area contributed by atoms with E-state index in [1.165, 1.54) is 30.9 Å². The molecule has 0 saturated heterocycles. The van der Waals surface area contributed by atoms with Crippen LogP contribution in [0.15, 0.2) is 66.2 Å². The third kappa shape index (κ3) is 11.9. The molecule has 0 bridgehead atoms. The minimum Gasteiger partial charge on any atom is -0.469 e. The fourth-order valence-electron chi connectivity index (χ4n) is 4.41.